The molecule has 1 heterocycles. The van der Waals surface area contributed by atoms with Gasteiger partial charge in [-0.1, -0.05) is 13.0 Å². The van der Waals surface area contributed by atoms with E-state index in [1.807, 2.05) is 11.4 Å². The molecule has 1 atom stereocenters. The van der Waals surface area contributed by atoms with Gasteiger partial charge < -0.3 is 10.0 Å². The molecule has 4 nitrogen and oxygen atoms in total. The number of rotatable bonds is 5. The van der Waals surface area contributed by atoms with E-state index in [4.69, 9.17) is 5.11 Å². The molecule has 1 aromatic heterocycles. The van der Waals surface area contributed by atoms with Crippen LogP contribution in [0.3, 0.4) is 0 Å². The number of carbonyl (C=O) groups is 2. The van der Waals surface area contributed by atoms with Crippen LogP contribution < -0.4 is 0 Å². The molecule has 0 unspecified atom stereocenters. The van der Waals surface area contributed by atoms with Crippen molar-refractivity contribution in [1.29, 1.82) is 0 Å². The number of amides is 1. The summed E-state index contributed by atoms with van der Waals surface area (Å²) in [6.45, 7) is 1.94. The van der Waals surface area contributed by atoms with Crippen molar-refractivity contribution < 1.29 is 14.7 Å². The van der Waals surface area contributed by atoms with E-state index in [-0.39, 0.29) is 11.9 Å². The first-order valence-corrected chi connectivity index (χ1v) is 6.55. The molecule has 0 saturated heterocycles. The summed E-state index contributed by atoms with van der Waals surface area (Å²) in [4.78, 5) is 25.4. The third-order valence-corrected chi connectivity index (χ3v) is 3.73. The van der Waals surface area contributed by atoms with Crippen LogP contribution in [0.25, 0.3) is 0 Å². The van der Waals surface area contributed by atoms with Crippen LogP contribution in [0.5, 0.6) is 0 Å². The Morgan fingerprint density at radius 2 is 2.29 bits per heavy atom. The Morgan fingerprint density at radius 1 is 1.59 bits per heavy atom. The van der Waals surface area contributed by atoms with Crippen LogP contribution in [-0.2, 0) is 4.79 Å². The van der Waals surface area contributed by atoms with Gasteiger partial charge in [0, 0.05) is 12.6 Å². The molecule has 1 saturated carbocycles. The predicted molar refractivity (Wildman–Crippen MR) is 65.2 cm³/mol. The van der Waals surface area contributed by atoms with Crippen molar-refractivity contribution in [2.45, 2.75) is 25.8 Å². The lowest BCUT2D eigenvalue weighted by atomic mass is 10.1. The summed E-state index contributed by atoms with van der Waals surface area (Å²) in [6.07, 6.45) is 1.98. The van der Waals surface area contributed by atoms with Crippen LogP contribution in [0, 0.1) is 5.92 Å². The van der Waals surface area contributed by atoms with E-state index in [0.717, 1.165) is 12.8 Å². The molecular formula is C12H15NO3S. The molecule has 17 heavy (non-hydrogen) atoms. The smallest absolute Gasteiger partial charge is 0.308 e. The van der Waals surface area contributed by atoms with E-state index in [2.05, 4.69) is 0 Å². The molecule has 1 N–H and O–H groups in total. The average Bonchev–Trinajstić information content (AvgIpc) is 2.98. The second kappa shape index (κ2) is 4.87. The fourth-order valence-electron chi connectivity index (χ4n) is 1.70. The summed E-state index contributed by atoms with van der Waals surface area (Å²) in [5.74, 6) is -1.40. The van der Waals surface area contributed by atoms with E-state index in [0.29, 0.717) is 11.4 Å². The zero-order valence-electron chi connectivity index (χ0n) is 9.63. The normalized spacial score (nSPS) is 16.5. The zero-order chi connectivity index (χ0) is 12.4. The molecule has 0 radical (unpaired) electrons. The number of carbonyl (C=O) groups excluding carboxylic acids is 1. The number of aliphatic carboxylic acids is 1. The quantitative estimate of drug-likeness (QED) is 0.874. The minimum Gasteiger partial charge on any atom is -0.481 e. The number of carboxylic acids is 1. The molecular weight excluding hydrogens is 238 g/mol. The maximum Gasteiger partial charge on any atom is 0.308 e. The van der Waals surface area contributed by atoms with Gasteiger partial charge in [-0.2, -0.15) is 0 Å². The maximum absolute atomic E-state index is 12.2. The minimum atomic E-state index is -0.852. The summed E-state index contributed by atoms with van der Waals surface area (Å²) in [7, 11) is 0. The number of hydrogen-bond donors (Lipinski definition) is 1. The predicted octanol–water partition coefficient (Wildman–Crippen LogP) is 2.07. The largest absolute Gasteiger partial charge is 0.481 e. The van der Waals surface area contributed by atoms with Crippen LogP contribution in [0.15, 0.2) is 17.5 Å². The minimum absolute atomic E-state index is 0.0319. The number of carboxylic acid groups (broad SMARTS) is 1. The van der Waals surface area contributed by atoms with Gasteiger partial charge in [0.05, 0.1) is 10.8 Å². The fourth-order valence-corrected chi connectivity index (χ4v) is 2.38. The molecule has 92 valence electrons. The van der Waals surface area contributed by atoms with Crippen LogP contribution in [0.1, 0.15) is 29.4 Å². The molecule has 1 aliphatic carbocycles. The highest BCUT2D eigenvalue weighted by Gasteiger charge is 2.35. The first kappa shape index (κ1) is 12.1. The van der Waals surface area contributed by atoms with Crippen molar-refractivity contribution in [3.63, 3.8) is 0 Å². The average molecular weight is 253 g/mol. The van der Waals surface area contributed by atoms with Crippen molar-refractivity contribution in [1.82, 2.24) is 4.90 Å². The van der Waals surface area contributed by atoms with E-state index in [1.165, 1.54) is 11.3 Å². The van der Waals surface area contributed by atoms with Gasteiger partial charge in [0.1, 0.15) is 0 Å². The molecule has 0 aromatic carbocycles. The highest BCUT2D eigenvalue weighted by Crippen LogP contribution is 2.29. The molecule has 0 spiro atoms. The lowest BCUT2D eigenvalue weighted by Crippen LogP contribution is -2.38. The van der Waals surface area contributed by atoms with Crippen molar-refractivity contribution in [2.75, 3.05) is 6.54 Å². The summed E-state index contributed by atoms with van der Waals surface area (Å²) < 4.78 is 0. The topological polar surface area (TPSA) is 57.6 Å². The van der Waals surface area contributed by atoms with Gasteiger partial charge in [-0.3, -0.25) is 9.59 Å². The second-order valence-electron chi connectivity index (χ2n) is 4.41. The Morgan fingerprint density at radius 3 is 2.76 bits per heavy atom. The Kier molecular flexibility index (Phi) is 3.47. The molecule has 0 aliphatic heterocycles. The highest BCUT2D eigenvalue weighted by atomic mass is 32.1. The van der Waals surface area contributed by atoms with Crippen LogP contribution >= 0.6 is 11.3 Å². The fraction of sp³-hybridized carbons (Fsp3) is 0.500. The van der Waals surface area contributed by atoms with Crippen molar-refractivity contribution in [3.05, 3.63) is 22.4 Å². The van der Waals surface area contributed by atoms with Gasteiger partial charge in [-0.15, -0.1) is 11.3 Å². The molecule has 1 fully saturated rings. The highest BCUT2D eigenvalue weighted by molar-refractivity contribution is 7.12. The van der Waals surface area contributed by atoms with Crippen LogP contribution in [0.4, 0.5) is 0 Å². The van der Waals surface area contributed by atoms with Gasteiger partial charge in [-0.25, -0.2) is 0 Å². The first-order chi connectivity index (χ1) is 8.09. The van der Waals surface area contributed by atoms with Gasteiger partial charge in [0.2, 0.25) is 0 Å². The molecule has 1 aromatic rings. The third kappa shape index (κ3) is 2.85. The van der Waals surface area contributed by atoms with E-state index >= 15 is 0 Å². The molecule has 1 aliphatic rings. The zero-order valence-corrected chi connectivity index (χ0v) is 10.4. The maximum atomic E-state index is 12.2. The Hall–Kier alpha value is -1.36. The number of hydrogen-bond acceptors (Lipinski definition) is 3. The van der Waals surface area contributed by atoms with Crippen molar-refractivity contribution in [2.24, 2.45) is 5.92 Å². The molecule has 5 heteroatoms. The third-order valence-electron chi connectivity index (χ3n) is 2.87. The summed E-state index contributed by atoms with van der Waals surface area (Å²) in [5.41, 5.74) is 0. The second-order valence-corrected chi connectivity index (χ2v) is 5.35. The van der Waals surface area contributed by atoms with Gasteiger partial charge in [0.15, 0.2) is 0 Å². The van der Waals surface area contributed by atoms with Crippen molar-refractivity contribution >= 4 is 23.2 Å². The molecule has 1 amide bonds. The Labute approximate surface area is 104 Å². The Bertz CT molecular complexity index is 411. The van der Waals surface area contributed by atoms with Crippen LogP contribution in [0.2, 0.25) is 0 Å². The van der Waals surface area contributed by atoms with Gasteiger partial charge >= 0.3 is 5.97 Å². The monoisotopic (exact) mass is 253 g/mol. The lowest BCUT2D eigenvalue weighted by Gasteiger charge is -2.23. The van der Waals surface area contributed by atoms with E-state index < -0.39 is 11.9 Å². The van der Waals surface area contributed by atoms with Crippen molar-refractivity contribution in [3.8, 4) is 0 Å². The molecule has 0 bridgehead atoms. The van der Waals surface area contributed by atoms with E-state index in [1.54, 1.807) is 17.9 Å². The number of thiophene rings is 1. The summed E-state index contributed by atoms with van der Waals surface area (Å²) in [6, 6.07) is 3.86. The molecule has 2 rings (SSSR count). The lowest BCUT2D eigenvalue weighted by molar-refractivity contribution is -0.141. The van der Waals surface area contributed by atoms with Gasteiger partial charge in [-0.05, 0) is 24.3 Å². The summed E-state index contributed by atoms with van der Waals surface area (Å²) in [5, 5.41) is 10.8. The first-order valence-electron chi connectivity index (χ1n) is 5.67. The van der Waals surface area contributed by atoms with E-state index in [9.17, 15) is 9.59 Å². The van der Waals surface area contributed by atoms with Gasteiger partial charge in [0.25, 0.3) is 5.91 Å². The standard InChI is InChI=1S/C12H15NO3S/c1-8(12(15)16)7-13(9-4-5-9)11(14)10-3-2-6-17-10/h2-3,6,8-9H,4-5,7H2,1H3,(H,15,16)/t8-/m0/s1. The summed E-state index contributed by atoms with van der Waals surface area (Å²) >= 11 is 1.40. The SMILES string of the molecule is C[C@@H](CN(C(=O)c1cccs1)C1CC1)C(=O)O. The number of nitrogens with zero attached hydrogens (tertiary/aromatic N) is 1. The van der Waals surface area contributed by atoms with Crippen LogP contribution in [-0.4, -0.2) is 34.5 Å². The Balaban J connectivity index is 2.07.